The highest BCUT2D eigenvalue weighted by molar-refractivity contribution is 5.86. The molecule has 0 spiro atoms. The number of para-hydroxylation sites is 1. The van der Waals surface area contributed by atoms with E-state index >= 15 is 0 Å². The first kappa shape index (κ1) is 12.3. The zero-order chi connectivity index (χ0) is 13.2. The molecule has 0 unspecified atom stereocenters. The predicted octanol–water partition coefficient (Wildman–Crippen LogP) is 2.66. The Labute approximate surface area is 113 Å². The highest BCUT2D eigenvalue weighted by Crippen LogP contribution is 2.30. The maximum atomic E-state index is 11.0. The summed E-state index contributed by atoms with van der Waals surface area (Å²) in [7, 11) is 0. The molecular formula is C16H20N2O. The summed E-state index contributed by atoms with van der Waals surface area (Å²) in [5.74, 6) is 0.0531. The minimum Gasteiger partial charge on any atom is -0.356 e. The van der Waals surface area contributed by atoms with E-state index in [1.807, 2.05) is 0 Å². The molecule has 1 aliphatic rings. The van der Waals surface area contributed by atoms with Crippen LogP contribution in [0.15, 0.2) is 24.3 Å². The van der Waals surface area contributed by atoms with Gasteiger partial charge in [-0.25, -0.2) is 0 Å². The Hall–Kier alpha value is -1.77. The lowest BCUT2D eigenvalue weighted by molar-refractivity contribution is -0.118. The minimum atomic E-state index is 0.0531. The van der Waals surface area contributed by atoms with Crippen LogP contribution in [0.3, 0.4) is 0 Å². The molecule has 0 aliphatic carbocycles. The quantitative estimate of drug-likeness (QED) is 0.900. The molecule has 0 saturated carbocycles. The maximum absolute atomic E-state index is 11.0. The fourth-order valence-electron chi connectivity index (χ4n) is 3.17. The smallest absolute Gasteiger partial charge is 0.216 e. The number of aromatic nitrogens is 1. The number of rotatable bonds is 3. The van der Waals surface area contributed by atoms with Gasteiger partial charge in [0.05, 0.1) is 0 Å². The summed E-state index contributed by atoms with van der Waals surface area (Å²) in [6.07, 6.45) is 4.66. The molecule has 3 rings (SSSR count). The molecule has 2 heterocycles. The Morgan fingerprint density at radius 3 is 3.00 bits per heavy atom. The van der Waals surface area contributed by atoms with Gasteiger partial charge >= 0.3 is 0 Å². The molecule has 3 heteroatoms. The Morgan fingerprint density at radius 2 is 2.16 bits per heavy atom. The van der Waals surface area contributed by atoms with E-state index < -0.39 is 0 Å². The molecule has 100 valence electrons. The van der Waals surface area contributed by atoms with Crippen molar-refractivity contribution in [3.8, 4) is 0 Å². The van der Waals surface area contributed by atoms with E-state index in [4.69, 9.17) is 0 Å². The fourth-order valence-corrected chi connectivity index (χ4v) is 3.17. The van der Waals surface area contributed by atoms with Crippen molar-refractivity contribution in [1.29, 1.82) is 0 Å². The Kier molecular flexibility index (Phi) is 3.28. The van der Waals surface area contributed by atoms with Crippen LogP contribution in [0.2, 0.25) is 0 Å². The van der Waals surface area contributed by atoms with Gasteiger partial charge in [0.25, 0.3) is 0 Å². The third-order valence-electron chi connectivity index (χ3n) is 3.99. The van der Waals surface area contributed by atoms with Crippen LogP contribution in [0.1, 0.15) is 31.0 Å². The van der Waals surface area contributed by atoms with Crippen LogP contribution in [-0.4, -0.2) is 17.0 Å². The number of hydrogen-bond acceptors (Lipinski definition) is 1. The van der Waals surface area contributed by atoms with Crippen molar-refractivity contribution in [2.75, 3.05) is 6.54 Å². The molecule has 0 atom stereocenters. The standard InChI is InChI=1S/C16H20N2O/c1-12(19)17-10-9-14-13-6-2-3-7-15(13)18-11-5-4-8-16(14)18/h2-3,6-7H,4-5,8-11H2,1H3,(H,17,19). The van der Waals surface area contributed by atoms with Crippen LogP contribution in [0.25, 0.3) is 10.9 Å². The van der Waals surface area contributed by atoms with Gasteiger partial charge in [-0.15, -0.1) is 0 Å². The number of carbonyl (C=O) groups is 1. The van der Waals surface area contributed by atoms with Crippen LogP contribution in [0.5, 0.6) is 0 Å². The molecule has 1 aromatic heterocycles. The van der Waals surface area contributed by atoms with Gasteiger partial charge in [0.2, 0.25) is 5.91 Å². The average Bonchev–Trinajstić information content (AvgIpc) is 2.74. The molecule has 0 radical (unpaired) electrons. The van der Waals surface area contributed by atoms with Crippen molar-refractivity contribution in [3.63, 3.8) is 0 Å². The number of amides is 1. The second kappa shape index (κ2) is 5.08. The van der Waals surface area contributed by atoms with E-state index in [2.05, 4.69) is 34.1 Å². The molecular weight excluding hydrogens is 236 g/mol. The highest BCUT2D eigenvalue weighted by atomic mass is 16.1. The molecule has 0 saturated heterocycles. The van der Waals surface area contributed by atoms with Gasteiger partial charge in [-0.05, 0) is 37.3 Å². The third kappa shape index (κ3) is 2.25. The zero-order valence-electron chi connectivity index (χ0n) is 11.4. The van der Waals surface area contributed by atoms with Crippen LogP contribution in [0.4, 0.5) is 0 Å². The van der Waals surface area contributed by atoms with Crippen molar-refractivity contribution < 1.29 is 4.79 Å². The van der Waals surface area contributed by atoms with Crippen molar-refractivity contribution in [2.24, 2.45) is 0 Å². The molecule has 1 aliphatic heterocycles. The van der Waals surface area contributed by atoms with E-state index in [0.717, 1.165) is 19.5 Å². The highest BCUT2D eigenvalue weighted by Gasteiger charge is 2.18. The van der Waals surface area contributed by atoms with Gasteiger partial charge in [-0.2, -0.15) is 0 Å². The molecule has 0 bridgehead atoms. The van der Waals surface area contributed by atoms with Gasteiger partial charge in [-0.1, -0.05) is 18.2 Å². The number of hydrogen-bond donors (Lipinski definition) is 1. The van der Waals surface area contributed by atoms with Gasteiger partial charge in [-0.3, -0.25) is 4.79 Å². The molecule has 2 aromatic rings. The van der Waals surface area contributed by atoms with Crippen molar-refractivity contribution >= 4 is 16.8 Å². The first-order valence-corrected chi connectivity index (χ1v) is 7.11. The summed E-state index contributed by atoms with van der Waals surface area (Å²) in [6.45, 7) is 3.44. The number of aryl methyl sites for hydroxylation is 1. The van der Waals surface area contributed by atoms with Crippen molar-refractivity contribution in [3.05, 3.63) is 35.5 Å². The SMILES string of the molecule is CC(=O)NCCc1c2n(c3ccccc13)CCCC2. The molecule has 1 N–H and O–H groups in total. The summed E-state index contributed by atoms with van der Waals surface area (Å²) in [5.41, 5.74) is 4.27. The Morgan fingerprint density at radius 1 is 1.32 bits per heavy atom. The van der Waals surface area contributed by atoms with Crippen molar-refractivity contribution in [1.82, 2.24) is 9.88 Å². The van der Waals surface area contributed by atoms with E-state index in [-0.39, 0.29) is 5.91 Å². The largest absolute Gasteiger partial charge is 0.356 e. The van der Waals surface area contributed by atoms with Crippen LogP contribution >= 0.6 is 0 Å². The molecule has 1 amide bonds. The number of nitrogens with one attached hydrogen (secondary N) is 1. The fraction of sp³-hybridized carbons (Fsp3) is 0.438. The van der Waals surface area contributed by atoms with Gasteiger partial charge in [0.1, 0.15) is 0 Å². The second-order valence-corrected chi connectivity index (χ2v) is 5.28. The summed E-state index contributed by atoms with van der Waals surface area (Å²) >= 11 is 0. The zero-order valence-corrected chi connectivity index (χ0v) is 11.4. The van der Waals surface area contributed by atoms with Crippen LogP contribution in [-0.2, 0) is 24.2 Å². The first-order chi connectivity index (χ1) is 9.27. The summed E-state index contributed by atoms with van der Waals surface area (Å²) < 4.78 is 2.47. The van der Waals surface area contributed by atoms with Gasteiger partial charge in [0, 0.05) is 36.6 Å². The molecule has 3 nitrogen and oxygen atoms in total. The predicted molar refractivity (Wildman–Crippen MR) is 77.3 cm³/mol. The molecule has 0 fully saturated rings. The van der Waals surface area contributed by atoms with E-state index in [9.17, 15) is 4.79 Å². The number of fused-ring (bicyclic) bond motifs is 3. The van der Waals surface area contributed by atoms with Crippen molar-refractivity contribution in [2.45, 2.75) is 39.2 Å². The van der Waals surface area contributed by atoms with Gasteiger partial charge < -0.3 is 9.88 Å². The molecule has 1 aromatic carbocycles. The maximum Gasteiger partial charge on any atom is 0.216 e. The topological polar surface area (TPSA) is 34.0 Å². The molecule has 19 heavy (non-hydrogen) atoms. The van der Waals surface area contributed by atoms with E-state index in [1.54, 1.807) is 6.92 Å². The Balaban J connectivity index is 1.99. The summed E-state index contributed by atoms with van der Waals surface area (Å²) in [5, 5.41) is 4.27. The van der Waals surface area contributed by atoms with E-state index in [0.29, 0.717) is 0 Å². The summed E-state index contributed by atoms with van der Waals surface area (Å²) in [4.78, 5) is 11.0. The van der Waals surface area contributed by atoms with Gasteiger partial charge in [0.15, 0.2) is 0 Å². The number of benzene rings is 1. The number of carbonyl (C=O) groups excluding carboxylic acids is 1. The van der Waals surface area contributed by atoms with E-state index in [1.165, 1.54) is 41.4 Å². The monoisotopic (exact) mass is 256 g/mol. The third-order valence-corrected chi connectivity index (χ3v) is 3.99. The lowest BCUT2D eigenvalue weighted by Crippen LogP contribution is -2.23. The second-order valence-electron chi connectivity index (χ2n) is 5.28. The lowest BCUT2D eigenvalue weighted by atomic mass is 10.0. The minimum absolute atomic E-state index is 0.0531. The Bertz CT molecular complexity index is 612. The number of nitrogens with zero attached hydrogens (tertiary/aromatic N) is 1. The summed E-state index contributed by atoms with van der Waals surface area (Å²) in [6, 6.07) is 8.65. The first-order valence-electron chi connectivity index (χ1n) is 7.11. The average molecular weight is 256 g/mol. The normalized spacial score (nSPS) is 14.4. The van der Waals surface area contributed by atoms with Crippen LogP contribution in [0, 0.1) is 0 Å². The lowest BCUT2D eigenvalue weighted by Gasteiger charge is -2.17. The van der Waals surface area contributed by atoms with Crippen LogP contribution < -0.4 is 5.32 Å².